The zero-order valence-corrected chi connectivity index (χ0v) is 15.5. The van der Waals surface area contributed by atoms with Crippen LogP contribution in [0.5, 0.6) is 0 Å². The maximum Gasteiger partial charge on any atom is 0.307 e. The molecule has 1 N–H and O–H groups in total. The fourth-order valence-electron chi connectivity index (χ4n) is 4.88. The molecule has 8 heteroatoms. The Morgan fingerprint density at radius 2 is 2.04 bits per heavy atom. The number of fused-ring (bicyclic) bond motifs is 1. The molecule has 3 fully saturated rings. The molecule has 3 heterocycles. The lowest BCUT2D eigenvalue weighted by Crippen LogP contribution is -2.55. The highest BCUT2D eigenvalue weighted by molar-refractivity contribution is 6.00. The van der Waals surface area contributed by atoms with Crippen molar-refractivity contribution in [2.75, 3.05) is 24.5 Å². The molecule has 8 nitrogen and oxygen atoms in total. The standard InChI is InChI=1S/C20H22N4O4/c25-17-12-23(19(27)15-10-18(26)28-20(15)5-1-2-6-20)7-8-24(17)14-3-4-16-13(9-14)11-21-22-16/h3-4,9,11,15H,1-2,5-8,10,12H2,(H,21,22). The summed E-state index contributed by atoms with van der Waals surface area (Å²) >= 11 is 0. The summed E-state index contributed by atoms with van der Waals surface area (Å²) in [5, 5.41) is 7.84. The number of esters is 1. The van der Waals surface area contributed by atoms with Gasteiger partial charge in [0, 0.05) is 24.2 Å². The van der Waals surface area contributed by atoms with E-state index >= 15 is 0 Å². The summed E-state index contributed by atoms with van der Waals surface area (Å²) in [5.74, 6) is -0.984. The molecule has 0 radical (unpaired) electrons. The molecule has 5 rings (SSSR count). The number of aromatic amines is 1. The maximum absolute atomic E-state index is 13.1. The number of amides is 2. The van der Waals surface area contributed by atoms with Crippen LogP contribution in [0.4, 0.5) is 5.69 Å². The molecule has 1 aromatic carbocycles. The van der Waals surface area contributed by atoms with E-state index in [0.717, 1.165) is 42.3 Å². The Kier molecular flexibility index (Phi) is 3.89. The normalized spacial score (nSPS) is 24.4. The first kappa shape index (κ1) is 17.2. The van der Waals surface area contributed by atoms with Gasteiger partial charge in [0.1, 0.15) is 12.1 Å². The van der Waals surface area contributed by atoms with Crippen LogP contribution in [-0.2, 0) is 19.1 Å². The molecular weight excluding hydrogens is 360 g/mol. The number of carbonyl (C=O) groups excluding carboxylic acids is 3. The van der Waals surface area contributed by atoms with E-state index in [0.29, 0.717) is 13.1 Å². The maximum atomic E-state index is 13.1. The zero-order chi connectivity index (χ0) is 19.3. The first-order chi connectivity index (χ1) is 13.6. The van der Waals surface area contributed by atoms with Crippen LogP contribution in [0.2, 0.25) is 0 Å². The van der Waals surface area contributed by atoms with Crippen molar-refractivity contribution in [2.45, 2.75) is 37.7 Å². The highest BCUT2D eigenvalue weighted by Crippen LogP contribution is 2.46. The average molecular weight is 382 g/mol. The van der Waals surface area contributed by atoms with Crippen LogP contribution >= 0.6 is 0 Å². The molecular formula is C20H22N4O4. The molecule has 0 bridgehead atoms. The van der Waals surface area contributed by atoms with Gasteiger partial charge in [0.2, 0.25) is 11.8 Å². The molecule has 1 atom stereocenters. The largest absolute Gasteiger partial charge is 0.458 e. The molecule has 28 heavy (non-hydrogen) atoms. The molecule has 2 saturated heterocycles. The second-order valence-electron chi connectivity index (χ2n) is 7.95. The van der Waals surface area contributed by atoms with Gasteiger partial charge in [-0.05, 0) is 43.9 Å². The van der Waals surface area contributed by atoms with Gasteiger partial charge in [0.15, 0.2) is 0 Å². The van der Waals surface area contributed by atoms with Crippen molar-refractivity contribution < 1.29 is 19.1 Å². The zero-order valence-electron chi connectivity index (χ0n) is 15.5. The van der Waals surface area contributed by atoms with Crippen LogP contribution in [0.1, 0.15) is 32.1 Å². The third-order valence-electron chi connectivity index (χ3n) is 6.34. The number of hydrogen-bond acceptors (Lipinski definition) is 5. The molecule has 2 aliphatic heterocycles. The number of benzene rings is 1. The van der Waals surface area contributed by atoms with Gasteiger partial charge in [0.05, 0.1) is 24.1 Å². The Morgan fingerprint density at radius 1 is 1.21 bits per heavy atom. The molecule has 1 unspecified atom stereocenters. The Morgan fingerprint density at radius 3 is 2.82 bits per heavy atom. The van der Waals surface area contributed by atoms with E-state index in [9.17, 15) is 14.4 Å². The van der Waals surface area contributed by atoms with Crippen LogP contribution < -0.4 is 4.90 Å². The minimum atomic E-state index is -0.638. The van der Waals surface area contributed by atoms with Gasteiger partial charge >= 0.3 is 5.97 Å². The van der Waals surface area contributed by atoms with Crippen LogP contribution in [0.3, 0.4) is 0 Å². The van der Waals surface area contributed by atoms with Gasteiger partial charge in [-0.15, -0.1) is 0 Å². The monoisotopic (exact) mass is 382 g/mol. The van der Waals surface area contributed by atoms with Crippen LogP contribution in [0.25, 0.3) is 10.9 Å². The van der Waals surface area contributed by atoms with Gasteiger partial charge in [0.25, 0.3) is 0 Å². The van der Waals surface area contributed by atoms with Gasteiger partial charge < -0.3 is 14.5 Å². The van der Waals surface area contributed by atoms with E-state index < -0.39 is 11.5 Å². The van der Waals surface area contributed by atoms with Gasteiger partial charge in [-0.3, -0.25) is 19.5 Å². The number of ether oxygens (including phenoxy) is 1. The first-order valence-electron chi connectivity index (χ1n) is 9.80. The summed E-state index contributed by atoms with van der Waals surface area (Å²) in [7, 11) is 0. The second-order valence-corrected chi connectivity index (χ2v) is 7.95. The minimum Gasteiger partial charge on any atom is -0.458 e. The average Bonchev–Trinajstić information content (AvgIpc) is 3.41. The number of aromatic nitrogens is 2. The summed E-state index contributed by atoms with van der Waals surface area (Å²) in [6, 6.07) is 5.70. The Hall–Kier alpha value is -2.90. The lowest BCUT2D eigenvalue weighted by Gasteiger charge is -2.37. The number of H-pyrrole nitrogens is 1. The highest BCUT2D eigenvalue weighted by Gasteiger charge is 2.55. The predicted octanol–water partition coefficient (Wildman–Crippen LogP) is 1.61. The smallest absolute Gasteiger partial charge is 0.307 e. The van der Waals surface area contributed by atoms with Crippen LogP contribution in [0, 0.1) is 5.92 Å². The second kappa shape index (κ2) is 6.32. The minimum absolute atomic E-state index is 0.0308. The van der Waals surface area contributed by atoms with E-state index in [1.165, 1.54) is 0 Å². The van der Waals surface area contributed by atoms with Crippen molar-refractivity contribution in [1.82, 2.24) is 15.1 Å². The number of carbonyl (C=O) groups is 3. The highest BCUT2D eigenvalue weighted by atomic mass is 16.6. The van der Waals surface area contributed by atoms with E-state index in [1.54, 1.807) is 16.0 Å². The number of nitrogens with zero attached hydrogens (tertiary/aromatic N) is 3. The lowest BCUT2D eigenvalue weighted by atomic mass is 9.84. The lowest BCUT2D eigenvalue weighted by molar-refractivity contribution is -0.152. The summed E-state index contributed by atoms with van der Waals surface area (Å²) in [6.07, 6.45) is 5.29. The number of rotatable bonds is 2. The fourth-order valence-corrected chi connectivity index (χ4v) is 4.88. The summed E-state index contributed by atoms with van der Waals surface area (Å²) in [6.45, 7) is 0.917. The fraction of sp³-hybridized carbons (Fsp3) is 0.500. The quantitative estimate of drug-likeness (QED) is 0.796. The van der Waals surface area contributed by atoms with Gasteiger partial charge in [-0.2, -0.15) is 5.10 Å². The molecule has 1 spiro atoms. The van der Waals surface area contributed by atoms with Crippen molar-refractivity contribution in [3.63, 3.8) is 0 Å². The van der Waals surface area contributed by atoms with Crippen molar-refractivity contribution in [2.24, 2.45) is 5.92 Å². The number of hydrogen-bond donors (Lipinski definition) is 1. The molecule has 1 saturated carbocycles. The summed E-state index contributed by atoms with van der Waals surface area (Å²) in [5.41, 5.74) is 1.08. The molecule has 3 aliphatic rings. The molecule has 2 aromatic rings. The van der Waals surface area contributed by atoms with E-state index in [-0.39, 0.29) is 30.7 Å². The summed E-state index contributed by atoms with van der Waals surface area (Å²) in [4.78, 5) is 41.2. The number of nitrogens with one attached hydrogen (secondary N) is 1. The van der Waals surface area contributed by atoms with Crippen molar-refractivity contribution in [3.05, 3.63) is 24.4 Å². The molecule has 1 aliphatic carbocycles. The number of piperazine rings is 1. The predicted molar refractivity (Wildman–Crippen MR) is 100 cm³/mol. The third-order valence-corrected chi connectivity index (χ3v) is 6.34. The summed E-state index contributed by atoms with van der Waals surface area (Å²) < 4.78 is 5.59. The van der Waals surface area contributed by atoms with Crippen LogP contribution in [-0.4, -0.2) is 58.1 Å². The Bertz CT molecular complexity index is 962. The molecule has 1 aromatic heterocycles. The Labute approximate surface area is 161 Å². The van der Waals surface area contributed by atoms with Crippen molar-refractivity contribution in [1.29, 1.82) is 0 Å². The van der Waals surface area contributed by atoms with Gasteiger partial charge in [-0.1, -0.05) is 0 Å². The van der Waals surface area contributed by atoms with E-state index in [4.69, 9.17) is 4.74 Å². The number of anilines is 1. The van der Waals surface area contributed by atoms with Crippen LogP contribution in [0.15, 0.2) is 24.4 Å². The van der Waals surface area contributed by atoms with Crippen molar-refractivity contribution >= 4 is 34.4 Å². The third kappa shape index (κ3) is 2.66. The molecule has 146 valence electrons. The SMILES string of the molecule is O=C1CC(C(=O)N2CCN(c3ccc4[nH]ncc4c3)C(=O)C2)C2(CCCC2)O1. The van der Waals surface area contributed by atoms with Gasteiger partial charge in [-0.25, -0.2) is 0 Å². The molecule has 2 amide bonds. The van der Waals surface area contributed by atoms with E-state index in [1.807, 2.05) is 18.2 Å². The van der Waals surface area contributed by atoms with E-state index in [2.05, 4.69) is 10.2 Å². The Balaban J connectivity index is 1.32. The topological polar surface area (TPSA) is 95.6 Å². The first-order valence-corrected chi connectivity index (χ1v) is 9.80. The van der Waals surface area contributed by atoms with Crippen molar-refractivity contribution in [3.8, 4) is 0 Å².